The van der Waals surface area contributed by atoms with Gasteiger partial charge in [0.1, 0.15) is 11.6 Å². The summed E-state index contributed by atoms with van der Waals surface area (Å²) in [4.78, 5) is 26.5. The molecule has 0 spiro atoms. The molecule has 2 atom stereocenters. The van der Waals surface area contributed by atoms with E-state index in [0.29, 0.717) is 6.54 Å². The fourth-order valence-corrected chi connectivity index (χ4v) is 3.12. The number of carbonyl (C=O) groups excluding carboxylic acids is 2. The van der Waals surface area contributed by atoms with Gasteiger partial charge in [0.05, 0.1) is 6.04 Å². The summed E-state index contributed by atoms with van der Waals surface area (Å²) in [5, 5.41) is 2.63. The van der Waals surface area contributed by atoms with Gasteiger partial charge in [-0.2, -0.15) is 0 Å². The van der Waals surface area contributed by atoms with Crippen LogP contribution in [0.4, 0.5) is 4.79 Å². The van der Waals surface area contributed by atoms with Crippen LogP contribution >= 0.6 is 15.9 Å². The molecule has 1 N–H and O–H groups in total. The Morgan fingerprint density at radius 1 is 1.29 bits per heavy atom. The molecule has 1 heterocycles. The highest BCUT2D eigenvalue weighted by Crippen LogP contribution is 2.33. The molecule has 0 bridgehead atoms. The van der Waals surface area contributed by atoms with Crippen LogP contribution in [0.15, 0.2) is 28.7 Å². The van der Waals surface area contributed by atoms with Crippen molar-refractivity contribution in [3.63, 3.8) is 0 Å². The van der Waals surface area contributed by atoms with Gasteiger partial charge in [-0.1, -0.05) is 28.1 Å². The van der Waals surface area contributed by atoms with E-state index in [9.17, 15) is 9.59 Å². The van der Waals surface area contributed by atoms with E-state index in [1.165, 1.54) is 0 Å². The van der Waals surface area contributed by atoms with E-state index in [1.807, 2.05) is 29.2 Å². The molecular formula is C18H25BrN2O3. The predicted molar refractivity (Wildman–Crippen MR) is 96.7 cm³/mol. The van der Waals surface area contributed by atoms with Crippen LogP contribution in [-0.2, 0) is 9.53 Å². The first kappa shape index (κ1) is 18.8. The largest absolute Gasteiger partial charge is 0.444 e. The van der Waals surface area contributed by atoms with Gasteiger partial charge in [0, 0.05) is 11.0 Å². The number of ether oxygens (including phenoxy) is 1. The SMILES string of the molecule is C[C@@H](NC(=O)OC(C)(C)C)C(=O)N1CCC[C@@H]1c1ccc(Br)cc1. The standard InChI is InChI=1S/C18H25BrN2O3/c1-12(20-17(23)24-18(2,3)4)16(22)21-11-5-6-15(21)13-7-9-14(19)10-8-13/h7-10,12,15H,5-6,11H2,1-4H3,(H,20,23)/t12-,15-/m1/s1. The first-order valence-electron chi connectivity index (χ1n) is 8.23. The third-order valence-electron chi connectivity index (χ3n) is 3.89. The maximum atomic E-state index is 12.7. The number of nitrogens with one attached hydrogen (secondary N) is 1. The van der Waals surface area contributed by atoms with Crippen LogP contribution in [0.2, 0.25) is 0 Å². The Morgan fingerprint density at radius 2 is 1.92 bits per heavy atom. The summed E-state index contributed by atoms with van der Waals surface area (Å²) >= 11 is 3.43. The van der Waals surface area contributed by atoms with E-state index >= 15 is 0 Å². The lowest BCUT2D eigenvalue weighted by Gasteiger charge is -2.29. The number of nitrogens with zero attached hydrogens (tertiary/aromatic N) is 1. The lowest BCUT2D eigenvalue weighted by atomic mass is 10.0. The average molecular weight is 397 g/mol. The molecule has 1 fully saturated rings. The van der Waals surface area contributed by atoms with Crippen LogP contribution in [0.5, 0.6) is 0 Å². The van der Waals surface area contributed by atoms with Crippen LogP contribution in [0.3, 0.4) is 0 Å². The highest BCUT2D eigenvalue weighted by atomic mass is 79.9. The number of carbonyl (C=O) groups is 2. The Balaban J connectivity index is 2.02. The molecule has 1 aromatic rings. The van der Waals surface area contributed by atoms with Gasteiger partial charge >= 0.3 is 6.09 Å². The molecule has 132 valence electrons. The van der Waals surface area contributed by atoms with Crippen LogP contribution in [-0.4, -0.2) is 35.1 Å². The minimum Gasteiger partial charge on any atom is -0.444 e. The number of hydrogen-bond acceptors (Lipinski definition) is 3. The summed E-state index contributed by atoms with van der Waals surface area (Å²) in [6.45, 7) is 7.79. The van der Waals surface area contributed by atoms with Gasteiger partial charge in [0.15, 0.2) is 0 Å². The minimum atomic E-state index is -0.615. The van der Waals surface area contributed by atoms with Crippen molar-refractivity contribution in [2.45, 2.75) is 58.2 Å². The molecule has 0 aliphatic carbocycles. The summed E-state index contributed by atoms with van der Waals surface area (Å²) in [7, 11) is 0. The van der Waals surface area contributed by atoms with Crippen molar-refractivity contribution in [1.82, 2.24) is 10.2 Å². The second-order valence-corrected chi connectivity index (χ2v) is 8.02. The third kappa shape index (κ3) is 4.97. The number of likely N-dealkylation sites (tertiary alicyclic amines) is 1. The molecule has 1 aliphatic rings. The number of hydrogen-bond donors (Lipinski definition) is 1. The maximum absolute atomic E-state index is 12.7. The third-order valence-corrected chi connectivity index (χ3v) is 4.42. The van der Waals surface area contributed by atoms with E-state index in [4.69, 9.17) is 4.74 Å². The van der Waals surface area contributed by atoms with Gasteiger partial charge in [0.2, 0.25) is 5.91 Å². The van der Waals surface area contributed by atoms with Gasteiger partial charge < -0.3 is 15.0 Å². The fourth-order valence-electron chi connectivity index (χ4n) is 2.86. The normalized spacial score (nSPS) is 19.0. The van der Waals surface area contributed by atoms with Gasteiger partial charge in [-0.05, 0) is 58.2 Å². The lowest BCUT2D eigenvalue weighted by molar-refractivity contribution is -0.134. The van der Waals surface area contributed by atoms with Gasteiger partial charge in [-0.3, -0.25) is 4.79 Å². The molecule has 0 aromatic heterocycles. The zero-order valence-corrected chi connectivity index (χ0v) is 16.2. The van der Waals surface area contributed by atoms with Crippen molar-refractivity contribution in [2.75, 3.05) is 6.54 Å². The zero-order valence-electron chi connectivity index (χ0n) is 14.6. The van der Waals surface area contributed by atoms with Crippen molar-refractivity contribution >= 4 is 27.9 Å². The maximum Gasteiger partial charge on any atom is 0.408 e. The summed E-state index contributed by atoms with van der Waals surface area (Å²) in [5.74, 6) is -0.0775. The van der Waals surface area contributed by atoms with Gasteiger partial charge in [-0.15, -0.1) is 0 Å². The van der Waals surface area contributed by atoms with Crippen molar-refractivity contribution in [1.29, 1.82) is 0 Å². The first-order chi connectivity index (χ1) is 11.2. The second kappa shape index (κ2) is 7.55. The van der Waals surface area contributed by atoms with E-state index < -0.39 is 17.7 Å². The number of rotatable bonds is 3. The van der Waals surface area contributed by atoms with Crippen molar-refractivity contribution in [3.05, 3.63) is 34.3 Å². The van der Waals surface area contributed by atoms with Crippen LogP contribution in [0.25, 0.3) is 0 Å². The van der Waals surface area contributed by atoms with Crippen LogP contribution in [0, 0.1) is 0 Å². The van der Waals surface area contributed by atoms with E-state index in [1.54, 1.807) is 27.7 Å². The molecule has 6 heteroatoms. The Morgan fingerprint density at radius 3 is 2.50 bits per heavy atom. The lowest BCUT2D eigenvalue weighted by Crippen LogP contribution is -2.47. The highest BCUT2D eigenvalue weighted by molar-refractivity contribution is 9.10. The minimum absolute atomic E-state index is 0.0634. The quantitative estimate of drug-likeness (QED) is 0.838. The molecule has 1 aliphatic heterocycles. The topological polar surface area (TPSA) is 58.6 Å². The first-order valence-corrected chi connectivity index (χ1v) is 9.02. The number of amides is 2. The van der Waals surface area contributed by atoms with Crippen molar-refractivity contribution < 1.29 is 14.3 Å². The molecular weight excluding hydrogens is 372 g/mol. The number of benzene rings is 1. The monoisotopic (exact) mass is 396 g/mol. The molecule has 2 amide bonds. The summed E-state index contributed by atoms with van der Waals surface area (Å²) in [5.41, 5.74) is 0.536. The Labute approximate surface area is 151 Å². The highest BCUT2D eigenvalue weighted by Gasteiger charge is 2.33. The molecule has 0 saturated carbocycles. The number of halogens is 1. The molecule has 1 saturated heterocycles. The van der Waals surface area contributed by atoms with Crippen LogP contribution in [0.1, 0.15) is 52.1 Å². The Hall–Kier alpha value is -1.56. The van der Waals surface area contributed by atoms with Gasteiger partial charge in [0.25, 0.3) is 0 Å². The van der Waals surface area contributed by atoms with E-state index in [-0.39, 0.29) is 11.9 Å². The smallest absolute Gasteiger partial charge is 0.408 e. The van der Waals surface area contributed by atoms with Crippen molar-refractivity contribution in [2.24, 2.45) is 0 Å². The van der Waals surface area contributed by atoms with Gasteiger partial charge in [-0.25, -0.2) is 4.79 Å². The molecule has 5 nitrogen and oxygen atoms in total. The number of alkyl carbamates (subject to hydrolysis) is 1. The Kier molecular flexibility index (Phi) is 5.91. The second-order valence-electron chi connectivity index (χ2n) is 7.11. The van der Waals surface area contributed by atoms with Crippen LogP contribution < -0.4 is 5.32 Å². The molecule has 0 radical (unpaired) electrons. The fraction of sp³-hybridized carbons (Fsp3) is 0.556. The zero-order chi connectivity index (χ0) is 17.9. The van der Waals surface area contributed by atoms with Crippen molar-refractivity contribution in [3.8, 4) is 0 Å². The predicted octanol–water partition coefficient (Wildman–Crippen LogP) is 4.03. The molecule has 0 unspecified atom stereocenters. The summed E-state index contributed by atoms with van der Waals surface area (Å²) in [6, 6.07) is 7.49. The van der Waals surface area contributed by atoms with E-state index in [0.717, 1.165) is 22.9 Å². The Bertz CT molecular complexity index is 595. The van der Waals surface area contributed by atoms with E-state index in [2.05, 4.69) is 21.2 Å². The molecule has 24 heavy (non-hydrogen) atoms. The molecule has 1 aromatic carbocycles. The summed E-state index contributed by atoms with van der Waals surface area (Å²) < 4.78 is 6.24. The average Bonchev–Trinajstić information content (AvgIpc) is 2.94. The summed E-state index contributed by atoms with van der Waals surface area (Å²) in [6.07, 6.45) is 1.33. The molecule has 2 rings (SSSR count).